The Kier molecular flexibility index (Phi) is 7.47. The maximum Gasteiger partial charge on any atom is 0.258 e. The topological polar surface area (TPSA) is 88.7 Å². The molecule has 7 heteroatoms. The average molecular weight is 361 g/mol. The molecule has 2 rings (SSSR count). The molecule has 0 bridgehead atoms. The van der Waals surface area contributed by atoms with E-state index in [0.29, 0.717) is 23.6 Å². The summed E-state index contributed by atoms with van der Waals surface area (Å²) in [7, 11) is 1.50. The molecule has 1 aliphatic heterocycles. The first-order valence-corrected chi connectivity index (χ1v) is 8.76. The standard InChI is InChI=1S/C19H27N3O4/c1-13(2)22-18(23)12-26-16-5-4-15(10-17(16)25-3)19(24)21-11-14-6-8-20-9-7-14/h4-6,10,13,20H,7-9,11-12H2,1-3H3,(H,21,24)(H,22,23). The lowest BCUT2D eigenvalue weighted by Gasteiger charge is -2.15. The molecular weight excluding hydrogens is 334 g/mol. The fourth-order valence-corrected chi connectivity index (χ4v) is 2.56. The molecule has 2 amide bonds. The van der Waals surface area contributed by atoms with Crippen LogP contribution in [0.2, 0.25) is 0 Å². The first-order chi connectivity index (χ1) is 12.5. The molecule has 1 heterocycles. The van der Waals surface area contributed by atoms with Crippen LogP contribution in [0.1, 0.15) is 30.6 Å². The summed E-state index contributed by atoms with van der Waals surface area (Å²) >= 11 is 0. The van der Waals surface area contributed by atoms with Gasteiger partial charge in [0, 0.05) is 24.7 Å². The highest BCUT2D eigenvalue weighted by atomic mass is 16.5. The Morgan fingerprint density at radius 3 is 2.73 bits per heavy atom. The lowest BCUT2D eigenvalue weighted by Crippen LogP contribution is -2.34. The van der Waals surface area contributed by atoms with Gasteiger partial charge in [0.1, 0.15) is 0 Å². The number of carbonyl (C=O) groups is 2. The number of hydrogen-bond donors (Lipinski definition) is 3. The van der Waals surface area contributed by atoms with E-state index in [1.807, 2.05) is 13.8 Å². The van der Waals surface area contributed by atoms with Crippen molar-refractivity contribution in [3.05, 3.63) is 35.4 Å². The Morgan fingerprint density at radius 1 is 1.27 bits per heavy atom. The van der Waals surface area contributed by atoms with E-state index >= 15 is 0 Å². The lowest BCUT2D eigenvalue weighted by atomic mass is 10.1. The van der Waals surface area contributed by atoms with Gasteiger partial charge in [0.15, 0.2) is 18.1 Å². The molecule has 0 radical (unpaired) electrons. The fourth-order valence-electron chi connectivity index (χ4n) is 2.56. The van der Waals surface area contributed by atoms with Gasteiger partial charge in [0.25, 0.3) is 11.8 Å². The van der Waals surface area contributed by atoms with Gasteiger partial charge in [0.05, 0.1) is 7.11 Å². The van der Waals surface area contributed by atoms with Crippen molar-refractivity contribution in [3.63, 3.8) is 0 Å². The normalized spacial score (nSPS) is 13.8. The summed E-state index contributed by atoms with van der Waals surface area (Å²) in [5, 5.41) is 8.90. The average Bonchev–Trinajstić information content (AvgIpc) is 2.64. The highest BCUT2D eigenvalue weighted by Crippen LogP contribution is 2.28. The van der Waals surface area contributed by atoms with Crippen LogP contribution in [0.3, 0.4) is 0 Å². The Hall–Kier alpha value is -2.54. The molecule has 7 nitrogen and oxygen atoms in total. The molecule has 3 N–H and O–H groups in total. The number of amides is 2. The molecule has 0 aliphatic carbocycles. The van der Waals surface area contributed by atoms with Gasteiger partial charge in [-0.3, -0.25) is 9.59 Å². The highest BCUT2D eigenvalue weighted by molar-refractivity contribution is 5.95. The molecular formula is C19H27N3O4. The largest absolute Gasteiger partial charge is 0.493 e. The second-order valence-corrected chi connectivity index (χ2v) is 6.38. The van der Waals surface area contributed by atoms with Gasteiger partial charge in [-0.15, -0.1) is 0 Å². The summed E-state index contributed by atoms with van der Waals surface area (Å²) in [6.45, 7) is 5.97. The van der Waals surface area contributed by atoms with E-state index < -0.39 is 0 Å². The number of carbonyl (C=O) groups excluding carboxylic acids is 2. The van der Waals surface area contributed by atoms with Gasteiger partial charge < -0.3 is 25.4 Å². The van der Waals surface area contributed by atoms with Gasteiger partial charge in [-0.25, -0.2) is 0 Å². The smallest absolute Gasteiger partial charge is 0.258 e. The van der Waals surface area contributed by atoms with E-state index in [0.717, 1.165) is 19.5 Å². The summed E-state index contributed by atoms with van der Waals surface area (Å²) in [4.78, 5) is 24.0. The van der Waals surface area contributed by atoms with Crippen molar-refractivity contribution in [2.75, 3.05) is 33.4 Å². The third-order valence-corrected chi connectivity index (χ3v) is 3.87. The van der Waals surface area contributed by atoms with Crippen molar-refractivity contribution in [1.82, 2.24) is 16.0 Å². The summed E-state index contributed by atoms with van der Waals surface area (Å²) in [5.74, 6) is 0.450. The van der Waals surface area contributed by atoms with Crippen molar-refractivity contribution < 1.29 is 19.1 Å². The minimum atomic E-state index is -0.209. The number of benzene rings is 1. The van der Waals surface area contributed by atoms with Gasteiger partial charge in [-0.2, -0.15) is 0 Å². The quantitative estimate of drug-likeness (QED) is 0.607. The van der Waals surface area contributed by atoms with E-state index in [4.69, 9.17) is 9.47 Å². The van der Waals surface area contributed by atoms with E-state index in [2.05, 4.69) is 22.0 Å². The van der Waals surface area contributed by atoms with E-state index in [9.17, 15) is 9.59 Å². The number of methoxy groups -OCH3 is 1. The summed E-state index contributed by atoms with van der Waals surface area (Å²) < 4.78 is 10.8. The predicted octanol–water partition coefficient (Wildman–Crippen LogP) is 1.25. The van der Waals surface area contributed by atoms with Gasteiger partial charge >= 0.3 is 0 Å². The second kappa shape index (κ2) is 9.82. The van der Waals surface area contributed by atoms with Gasteiger partial charge in [0.2, 0.25) is 0 Å². The van der Waals surface area contributed by atoms with Gasteiger partial charge in [-0.1, -0.05) is 11.6 Å². The Morgan fingerprint density at radius 2 is 2.08 bits per heavy atom. The van der Waals surface area contributed by atoms with Crippen LogP contribution in [0.25, 0.3) is 0 Å². The molecule has 0 saturated heterocycles. The van der Waals surface area contributed by atoms with Crippen molar-refractivity contribution >= 4 is 11.8 Å². The summed E-state index contributed by atoms with van der Waals surface area (Å²) in [5.41, 5.74) is 1.70. The Labute approximate surface area is 154 Å². The maximum atomic E-state index is 12.3. The van der Waals surface area contributed by atoms with Crippen LogP contribution < -0.4 is 25.4 Å². The zero-order valence-corrected chi connectivity index (χ0v) is 15.6. The zero-order chi connectivity index (χ0) is 18.9. The monoisotopic (exact) mass is 361 g/mol. The third kappa shape index (κ3) is 6.07. The summed E-state index contributed by atoms with van der Waals surface area (Å²) in [6.07, 6.45) is 3.04. The molecule has 1 aromatic rings. The molecule has 0 saturated carbocycles. The van der Waals surface area contributed by atoms with Crippen molar-refractivity contribution in [1.29, 1.82) is 0 Å². The van der Waals surface area contributed by atoms with Crippen molar-refractivity contribution in [3.8, 4) is 11.5 Å². The van der Waals surface area contributed by atoms with Crippen molar-refractivity contribution in [2.24, 2.45) is 0 Å². The minimum absolute atomic E-state index is 0.0501. The van der Waals surface area contributed by atoms with E-state index in [1.165, 1.54) is 12.7 Å². The van der Waals surface area contributed by atoms with Crippen LogP contribution in [0, 0.1) is 0 Å². The van der Waals surface area contributed by atoms with Crippen LogP contribution in [-0.2, 0) is 4.79 Å². The van der Waals surface area contributed by atoms with Gasteiger partial charge in [-0.05, 0) is 45.0 Å². The highest BCUT2D eigenvalue weighted by Gasteiger charge is 2.13. The Balaban J connectivity index is 1.94. The van der Waals surface area contributed by atoms with Crippen LogP contribution in [-0.4, -0.2) is 51.2 Å². The second-order valence-electron chi connectivity index (χ2n) is 6.38. The summed E-state index contributed by atoms with van der Waals surface area (Å²) in [6, 6.07) is 4.96. The molecule has 0 aromatic heterocycles. The maximum absolute atomic E-state index is 12.3. The minimum Gasteiger partial charge on any atom is -0.493 e. The van der Waals surface area contributed by atoms with Crippen LogP contribution in [0.5, 0.6) is 11.5 Å². The number of hydrogen-bond acceptors (Lipinski definition) is 5. The lowest BCUT2D eigenvalue weighted by molar-refractivity contribution is -0.123. The van der Waals surface area contributed by atoms with Crippen LogP contribution in [0.15, 0.2) is 29.8 Å². The fraction of sp³-hybridized carbons (Fsp3) is 0.474. The van der Waals surface area contributed by atoms with Crippen LogP contribution >= 0.6 is 0 Å². The molecule has 0 fully saturated rings. The van der Waals surface area contributed by atoms with Crippen LogP contribution in [0.4, 0.5) is 0 Å². The zero-order valence-electron chi connectivity index (χ0n) is 15.6. The van der Waals surface area contributed by atoms with E-state index in [-0.39, 0.29) is 24.5 Å². The van der Waals surface area contributed by atoms with E-state index in [1.54, 1.807) is 18.2 Å². The molecule has 0 atom stereocenters. The number of rotatable bonds is 8. The van der Waals surface area contributed by atoms with Crippen molar-refractivity contribution in [2.45, 2.75) is 26.3 Å². The first-order valence-electron chi connectivity index (χ1n) is 8.76. The predicted molar refractivity (Wildman–Crippen MR) is 99.7 cm³/mol. The molecule has 142 valence electrons. The molecule has 1 aliphatic rings. The molecule has 0 unspecified atom stereocenters. The number of nitrogens with one attached hydrogen (secondary N) is 3. The number of ether oxygens (including phenoxy) is 2. The molecule has 1 aromatic carbocycles. The first kappa shape index (κ1) is 19.8. The Bertz CT molecular complexity index is 671. The molecule has 0 spiro atoms. The SMILES string of the molecule is COc1cc(C(=O)NCC2=CCNCC2)ccc1OCC(=O)NC(C)C. The molecule has 26 heavy (non-hydrogen) atoms. The third-order valence-electron chi connectivity index (χ3n) is 3.87.